The van der Waals surface area contributed by atoms with Crippen molar-refractivity contribution in [2.45, 2.75) is 6.92 Å². The van der Waals surface area contributed by atoms with Crippen molar-refractivity contribution in [3.8, 4) is 0 Å². The van der Waals surface area contributed by atoms with Crippen molar-refractivity contribution < 1.29 is 14.3 Å². The second-order valence-electron chi connectivity index (χ2n) is 1.80. The molecule has 0 atom stereocenters. The summed E-state index contributed by atoms with van der Waals surface area (Å²) >= 11 is 2.96. The van der Waals surface area contributed by atoms with Gasteiger partial charge >= 0.3 is 0 Å². The van der Waals surface area contributed by atoms with Crippen LogP contribution >= 0.6 is 15.9 Å². The van der Waals surface area contributed by atoms with Crippen LogP contribution in [-0.4, -0.2) is 16.1 Å². The summed E-state index contributed by atoms with van der Waals surface area (Å²) in [5.74, 6) is -1.30. The predicted octanol–water partition coefficient (Wildman–Crippen LogP) is 2.07. The van der Waals surface area contributed by atoms with Crippen LogP contribution in [0.15, 0.2) is 22.8 Å². The van der Waals surface area contributed by atoms with Gasteiger partial charge in [0.05, 0.1) is 4.47 Å². The zero-order valence-corrected chi connectivity index (χ0v) is 7.88. The Kier molecular flexibility index (Phi) is 5.19. The second kappa shape index (κ2) is 5.65. The number of carboxylic acid groups (broad SMARTS) is 1. The molecule has 66 valence electrons. The molecule has 3 nitrogen and oxygen atoms in total. The van der Waals surface area contributed by atoms with E-state index in [2.05, 4.69) is 20.9 Å². The standard InChI is InChI=1S/C5H3BrFN.C2H4O2/c6-4-2-1-3-8-5(4)7;1-2(3)4/h1-3H;1H3,(H,3,4). The van der Waals surface area contributed by atoms with E-state index in [-0.39, 0.29) is 0 Å². The van der Waals surface area contributed by atoms with Crippen molar-refractivity contribution in [1.82, 2.24) is 4.98 Å². The van der Waals surface area contributed by atoms with Crippen molar-refractivity contribution in [1.29, 1.82) is 0 Å². The molecule has 1 aromatic heterocycles. The number of rotatable bonds is 0. The number of carbonyl (C=O) groups is 1. The fraction of sp³-hybridized carbons (Fsp3) is 0.143. The molecule has 0 saturated carbocycles. The summed E-state index contributed by atoms with van der Waals surface area (Å²) in [7, 11) is 0. The molecule has 0 aromatic carbocycles. The minimum Gasteiger partial charge on any atom is -0.481 e. The lowest BCUT2D eigenvalue weighted by Gasteiger charge is -1.86. The van der Waals surface area contributed by atoms with Gasteiger partial charge in [0.1, 0.15) is 0 Å². The van der Waals surface area contributed by atoms with Gasteiger partial charge in [0.25, 0.3) is 5.97 Å². The SMILES string of the molecule is CC(=O)O.Fc1ncccc1Br. The average molecular weight is 236 g/mol. The Morgan fingerprint density at radius 3 is 2.50 bits per heavy atom. The Morgan fingerprint density at radius 1 is 1.75 bits per heavy atom. The number of halogens is 2. The van der Waals surface area contributed by atoms with Gasteiger partial charge in [-0.25, -0.2) is 4.98 Å². The highest BCUT2D eigenvalue weighted by Crippen LogP contribution is 2.09. The maximum atomic E-state index is 12.2. The summed E-state index contributed by atoms with van der Waals surface area (Å²) in [6, 6.07) is 3.26. The topological polar surface area (TPSA) is 50.2 Å². The molecule has 1 rings (SSSR count). The van der Waals surface area contributed by atoms with Crippen LogP contribution in [0.2, 0.25) is 0 Å². The van der Waals surface area contributed by atoms with Gasteiger partial charge in [0.2, 0.25) is 5.95 Å². The minimum atomic E-state index is -0.833. The summed E-state index contributed by atoms with van der Waals surface area (Å²) in [5.41, 5.74) is 0. The smallest absolute Gasteiger partial charge is 0.300 e. The largest absolute Gasteiger partial charge is 0.481 e. The number of aromatic nitrogens is 1. The highest BCUT2D eigenvalue weighted by atomic mass is 79.9. The second-order valence-corrected chi connectivity index (χ2v) is 2.65. The molecule has 0 unspecified atom stereocenters. The van der Waals surface area contributed by atoms with Crippen LogP contribution in [0.1, 0.15) is 6.92 Å². The third-order valence-electron chi connectivity index (χ3n) is 0.714. The highest BCUT2D eigenvalue weighted by Gasteiger charge is 1.92. The third kappa shape index (κ3) is 5.79. The van der Waals surface area contributed by atoms with Crippen molar-refractivity contribution in [3.63, 3.8) is 0 Å². The normalized spacial score (nSPS) is 8.25. The van der Waals surface area contributed by atoms with Crippen molar-refractivity contribution in [2.75, 3.05) is 0 Å². The van der Waals surface area contributed by atoms with Gasteiger partial charge in [0.15, 0.2) is 0 Å². The van der Waals surface area contributed by atoms with E-state index < -0.39 is 11.9 Å². The van der Waals surface area contributed by atoms with Gasteiger partial charge in [-0.1, -0.05) is 0 Å². The third-order valence-corrected chi connectivity index (χ3v) is 1.31. The molecule has 1 N–H and O–H groups in total. The maximum absolute atomic E-state index is 12.2. The first-order valence-corrected chi connectivity index (χ1v) is 3.79. The van der Waals surface area contributed by atoms with Gasteiger partial charge in [-0.2, -0.15) is 4.39 Å². The molecule has 0 spiro atoms. The molecule has 0 bridgehead atoms. The summed E-state index contributed by atoms with van der Waals surface area (Å²) in [4.78, 5) is 12.4. The molecule has 0 aliphatic carbocycles. The predicted molar refractivity (Wildman–Crippen MR) is 45.2 cm³/mol. The Bertz CT molecular complexity index is 242. The highest BCUT2D eigenvalue weighted by molar-refractivity contribution is 9.10. The van der Waals surface area contributed by atoms with Crippen LogP contribution < -0.4 is 0 Å². The summed E-state index contributed by atoms with van der Waals surface area (Å²) < 4.78 is 12.6. The number of carboxylic acids is 1. The van der Waals surface area contributed by atoms with Crippen LogP contribution in [0.3, 0.4) is 0 Å². The monoisotopic (exact) mass is 235 g/mol. The quantitative estimate of drug-likeness (QED) is 0.701. The van der Waals surface area contributed by atoms with E-state index in [9.17, 15) is 4.39 Å². The minimum absolute atomic E-state index is 0.403. The molecule has 1 heterocycles. The lowest BCUT2D eigenvalue weighted by Crippen LogP contribution is -1.79. The average Bonchev–Trinajstić information content (AvgIpc) is 1.94. The van der Waals surface area contributed by atoms with E-state index in [1.165, 1.54) is 6.20 Å². The summed E-state index contributed by atoms with van der Waals surface area (Å²) in [5, 5.41) is 7.42. The van der Waals surface area contributed by atoms with Crippen LogP contribution in [-0.2, 0) is 4.79 Å². The van der Waals surface area contributed by atoms with Crippen molar-refractivity contribution >= 4 is 21.9 Å². The lowest BCUT2D eigenvalue weighted by molar-refractivity contribution is -0.134. The van der Waals surface area contributed by atoms with E-state index in [4.69, 9.17) is 9.90 Å². The summed E-state index contributed by atoms with van der Waals surface area (Å²) in [6.45, 7) is 1.08. The Morgan fingerprint density at radius 2 is 2.25 bits per heavy atom. The summed E-state index contributed by atoms with van der Waals surface area (Å²) in [6.07, 6.45) is 1.40. The zero-order chi connectivity index (χ0) is 9.56. The van der Waals surface area contributed by atoms with E-state index in [1.54, 1.807) is 12.1 Å². The Labute approximate surface area is 77.4 Å². The van der Waals surface area contributed by atoms with Gasteiger partial charge < -0.3 is 5.11 Å². The molecule has 5 heteroatoms. The van der Waals surface area contributed by atoms with Gasteiger partial charge in [-0.3, -0.25) is 4.79 Å². The first kappa shape index (κ1) is 11.0. The molecule has 12 heavy (non-hydrogen) atoms. The van der Waals surface area contributed by atoms with Crippen LogP contribution in [0.5, 0.6) is 0 Å². The molecule has 0 saturated heterocycles. The first-order valence-electron chi connectivity index (χ1n) is 2.99. The molecule has 0 radical (unpaired) electrons. The lowest BCUT2D eigenvalue weighted by atomic mass is 10.5. The van der Waals surface area contributed by atoms with Crippen molar-refractivity contribution in [2.24, 2.45) is 0 Å². The fourth-order valence-electron chi connectivity index (χ4n) is 0.366. The molecular weight excluding hydrogens is 229 g/mol. The van der Waals surface area contributed by atoms with Crippen LogP contribution in [0.25, 0.3) is 0 Å². The van der Waals surface area contributed by atoms with Gasteiger partial charge in [-0.05, 0) is 28.1 Å². The van der Waals surface area contributed by atoms with Crippen LogP contribution in [0.4, 0.5) is 4.39 Å². The molecule has 0 fully saturated rings. The number of pyridine rings is 1. The molecule has 1 aromatic rings. The fourth-order valence-corrected chi connectivity index (χ4v) is 0.621. The Hall–Kier alpha value is -0.970. The van der Waals surface area contributed by atoms with Gasteiger partial charge in [0, 0.05) is 13.1 Å². The van der Waals surface area contributed by atoms with E-state index >= 15 is 0 Å². The molecular formula is C7H7BrFNO2. The van der Waals surface area contributed by atoms with Gasteiger partial charge in [-0.15, -0.1) is 0 Å². The molecule has 0 aliphatic rings. The van der Waals surface area contributed by atoms with E-state index in [1.807, 2.05) is 0 Å². The molecule has 0 aliphatic heterocycles. The number of nitrogens with zero attached hydrogens (tertiary/aromatic N) is 1. The number of aliphatic carboxylic acids is 1. The Balaban J connectivity index is 0.000000261. The van der Waals surface area contributed by atoms with E-state index in [0.29, 0.717) is 4.47 Å². The number of hydrogen-bond acceptors (Lipinski definition) is 2. The van der Waals surface area contributed by atoms with E-state index in [0.717, 1.165) is 6.92 Å². The van der Waals surface area contributed by atoms with Crippen LogP contribution in [0, 0.1) is 5.95 Å². The maximum Gasteiger partial charge on any atom is 0.300 e. The number of hydrogen-bond donors (Lipinski definition) is 1. The zero-order valence-electron chi connectivity index (χ0n) is 6.29. The first-order chi connectivity index (χ1) is 5.54. The molecule has 0 amide bonds. The van der Waals surface area contributed by atoms with Crippen molar-refractivity contribution in [3.05, 3.63) is 28.7 Å².